The van der Waals surface area contributed by atoms with Crippen LogP contribution in [-0.2, 0) is 11.2 Å². The zero-order chi connectivity index (χ0) is 17.2. The van der Waals surface area contributed by atoms with Gasteiger partial charge in [0.15, 0.2) is 0 Å². The molecule has 7 heteroatoms. The minimum absolute atomic E-state index is 0. The zero-order valence-electron chi connectivity index (χ0n) is 14.9. The molecule has 26 heavy (non-hydrogen) atoms. The summed E-state index contributed by atoms with van der Waals surface area (Å²) in [5.74, 6) is 0.822. The number of halogens is 2. The van der Waals surface area contributed by atoms with E-state index >= 15 is 0 Å². The van der Waals surface area contributed by atoms with Gasteiger partial charge in [-0.15, -0.1) is 24.8 Å². The second-order valence-corrected chi connectivity index (χ2v) is 6.84. The van der Waals surface area contributed by atoms with E-state index in [1.807, 2.05) is 44.2 Å². The van der Waals surface area contributed by atoms with Gasteiger partial charge in [-0.05, 0) is 56.2 Å². The number of fused-ring (bicyclic) bond motifs is 1. The van der Waals surface area contributed by atoms with E-state index in [9.17, 15) is 4.79 Å². The smallest absolute Gasteiger partial charge is 0.220 e. The molecular weight excluding hydrogens is 373 g/mol. The Hall–Kier alpha value is -1.98. The molecule has 1 amide bonds. The highest BCUT2D eigenvalue weighted by Gasteiger charge is 2.34. The molecule has 0 fully saturated rings. The first-order valence-electron chi connectivity index (χ1n) is 8.20. The van der Waals surface area contributed by atoms with Crippen molar-refractivity contribution in [1.82, 2.24) is 10.3 Å². The maximum Gasteiger partial charge on any atom is 0.220 e. The monoisotopic (exact) mass is 397 g/mol. The highest BCUT2D eigenvalue weighted by molar-refractivity contribution is 5.85. The summed E-state index contributed by atoms with van der Waals surface area (Å²) in [5.41, 5.74) is 8.31. The summed E-state index contributed by atoms with van der Waals surface area (Å²) in [7, 11) is 0. The number of anilines is 1. The fourth-order valence-corrected chi connectivity index (χ4v) is 3.08. The van der Waals surface area contributed by atoms with Crippen LogP contribution in [0.4, 0.5) is 5.69 Å². The number of carbonyl (C=O) groups excluding carboxylic acids is 1. The summed E-state index contributed by atoms with van der Waals surface area (Å²) in [6, 6.07) is 9.36. The number of hydrogen-bond acceptors (Lipinski definition) is 4. The van der Waals surface area contributed by atoms with E-state index in [2.05, 4.69) is 10.3 Å². The van der Waals surface area contributed by atoms with Gasteiger partial charge in [-0.1, -0.05) is 0 Å². The van der Waals surface area contributed by atoms with E-state index in [0.717, 1.165) is 16.9 Å². The first-order valence-corrected chi connectivity index (χ1v) is 8.20. The number of carbonyl (C=O) groups is 1. The van der Waals surface area contributed by atoms with Crippen molar-refractivity contribution in [1.29, 1.82) is 0 Å². The largest absolute Gasteiger partial charge is 0.487 e. The highest BCUT2D eigenvalue weighted by atomic mass is 35.5. The maximum absolute atomic E-state index is 12.4. The van der Waals surface area contributed by atoms with E-state index < -0.39 is 0 Å². The molecule has 1 unspecified atom stereocenters. The molecule has 1 aromatic carbocycles. The van der Waals surface area contributed by atoms with Crippen molar-refractivity contribution in [3.63, 3.8) is 0 Å². The van der Waals surface area contributed by atoms with E-state index in [1.165, 1.54) is 0 Å². The lowest BCUT2D eigenvalue weighted by atomic mass is 9.89. The molecule has 1 aliphatic heterocycles. The fraction of sp³-hybridized carbons (Fsp3) is 0.368. The van der Waals surface area contributed by atoms with Crippen molar-refractivity contribution in [2.75, 3.05) is 5.73 Å². The molecule has 2 aromatic rings. The number of benzene rings is 1. The first-order chi connectivity index (χ1) is 11.4. The summed E-state index contributed by atoms with van der Waals surface area (Å²) in [6.07, 6.45) is 5.34. The summed E-state index contributed by atoms with van der Waals surface area (Å²) in [5, 5.41) is 3.14. The highest BCUT2D eigenvalue weighted by Crippen LogP contribution is 2.40. The average Bonchev–Trinajstić information content (AvgIpc) is 2.54. The Morgan fingerprint density at radius 1 is 1.27 bits per heavy atom. The molecule has 142 valence electrons. The van der Waals surface area contributed by atoms with Crippen LogP contribution in [0, 0.1) is 0 Å². The van der Waals surface area contributed by atoms with E-state index in [-0.39, 0.29) is 42.4 Å². The number of nitrogens with two attached hydrogens (primary N) is 1. The van der Waals surface area contributed by atoms with Crippen molar-refractivity contribution in [2.24, 2.45) is 0 Å². The minimum Gasteiger partial charge on any atom is -0.487 e. The summed E-state index contributed by atoms with van der Waals surface area (Å²) in [6.45, 7) is 4.06. The normalized spacial score (nSPS) is 16.9. The second-order valence-electron chi connectivity index (χ2n) is 6.84. The van der Waals surface area contributed by atoms with E-state index in [0.29, 0.717) is 24.9 Å². The zero-order valence-corrected chi connectivity index (χ0v) is 16.5. The third kappa shape index (κ3) is 5.51. The number of nitrogen functional groups attached to an aromatic ring is 1. The Labute approximate surface area is 166 Å². The van der Waals surface area contributed by atoms with Gasteiger partial charge in [-0.25, -0.2) is 0 Å². The van der Waals surface area contributed by atoms with Crippen molar-refractivity contribution in [3.8, 4) is 5.75 Å². The Bertz CT molecular complexity index is 739. The predicted octanol–water partition coefficient (Wildman–Crippen LogP) is 3.86. The van der Waals surface area contributed by atoms with Crippen LogP contribution in [0.15, 0.2) is 42.7 Å². The second kappa shape index (κ2) is 9.10. The van der Waals surface area contributed by atoms with Gasteiger partial charge < -0.3 is 15.8 Å². The molecule has 0 aliphatic carbocycles. The number of nitrogens with one attached hydrogen (secondary N) is 1. The standard InChI is InChI=1S/C19H23N3O2.2ClH/c1-19(2)12-16(15-11-14(20)4-5-17(15)24-19)22-18(23)6-3-13-7-9-21-10-8-13;;/h4-5,7-11,16H,3,6,12,20H2,1-2H3,(H,22,23);2*1H. The molecule has 1 aromatic heterocycles. The summed E-state index contributed by atoms with van der Waals surface area (Å²) < 4.78 is 6.00. The number of aromatic nitrogens is 1. The quantitative estimate of drug-likeness (QED) is 0.767. The lowest BCUT2D eigenvalue weighted by Gasteiger charge is -2.38. The SMILES string of the molecule is CC1(C)CC(NC(=O)CCc2ccncc2)c2cc(N)ccc2O1.Cl.Cl. The van der Waals surface area contributed by atoms with Crippen LogP contribution >= 0.6 is 24.8 Å². The predicted molar refractivity (Wildman–Crippen MR) is 108 cm³/mol. The number of aryl methyl sites for hydroxylation is 1. The number of amides is 1. The minimum atomic E-state index is -0.327. The molecule has 5 nitrogen and oxygen atoms in total. The average molecular weight is 398 g/mol. The van der Waals surface area contributed by atoms with Crippen LogP contribution in [0.2, 0.25) is 0 Å². The molecule has 1 aliphatic rings. The van der Waals surface area contributed by atoms with Gasteiger partial charge in [0.25, 0.3) is 0 Å². The molecule has 3 rings (SSSR count). The molecule has 0 spiro atoms. The number of nitrogens with zero attached hydrogens (tertiary/aromatic N) is 1. The van der Waals surface area contributed by atoms with Gasteiger partial charge in [0.2, 0.25) is 5.91 Å². The number of rotatable bonds is 4. The van der Waals surface area contributed by atoms with Crippen LogP contribution in [0.25, 0.3) is 0 Å². The summed E-state index contributed by atoms with van der Waals surface area (Å²) >= 11 is 0. The molecule has 0 saturated carbocycles. The van der Waals surface area contributed by atoms with Gasteiger partial charge in [-0.3, -0.25) is 9.78 Å². The third-order valence-electron chi connectivity index (χ3n) is 4.22. The van der Waals surface area contributed by atoms with Crippen LogP contribution in [0.3, 0.4) is 0 Å². The molecule has 3 N–H and O–H groups in total. The maximum atomic E-state index is 12.4. The molecule has 0 radical (unpaired) electrons. The van der Waals surface area contributed by atoms with Crippen LogP contribution in [-0.4, -0.2) is 16.5 Å². The fourth-order valence-electron chi connectivity index (χ4n) is 3.08. The Kier molecular flexibility index (Phi) is 7.72. The van der Waals surface area contributed by atoms with Crippen LogP contribution in [0.1, 0.15) is 43.9 Å². The lowest BCUT2D eigenvalue weighted by molar-refractivity contribution is -0.122. The van der Waals surface area contributed by atoms with Crippen LogP contribution < -0.4 is 15.8 Å². The molecule has 2 heterocycles. The van der Waals surface area contributed by atoms with Gasteiger partial charge in [0, 0.05) is 36.5 Å². The van der Waals surface area contributed by atoms with Crippen molar-refractivity contribution >= 4 is 36.4 Å². The molecule has 0 saturated heterocycles. The van der Waals surface area contributed by atoms with Crippen molar-refractivity contribution < 1.29 is 9.53 Å². The number of pyridine rings is 1. The molecule has 0 bridgehead atoms. The molecular formula is C19H25Cl2N3O2. The topological polar surface area (TPSA) is 77.2 Å². The van der Waals surface area contributed by atoms with Gasteiger partial charge in [-0.2, -0.15) is 0 Å². The van der Waals surface area contributed by atoms with Gasteiger partial charge >= 0.3 is 0 Å². The number of ether oxygens (including phenoxy) is 1. The Morgan fingerprint density at radius 3 is 2.65 bits per heavy atom. The summed E-state index contributed by atoms with van der Waals surface area (Å²) in [4.78, 5) is 16.4. The van der Waals surface area contributed by atoms with Crippen molar-refractivity contribution in [3.05, 3.63) is 53.9 Å². The van der Waals surface area contributed by atoms with Gasteiger partial charge in [0.1, 0.15) is 11.4 Å². The first kappa shape index (κ1) is 22.1. The lowest BCUT2D eigenvalue weighted by Crippen LogP contribution is -2.41. The van der Waals surface area contributed by atoms with Crippen LogP contribution in [0.5, 0.6) is 5.75 Å². The Morgan fingerprint density at radius 2 is 1.96 bits per heavy atom. The van der Waals surface area contributed by atoms with Gasteiger partial charge in [0.05, 0.1) is 6.04 Å². The molecule has 1 atom stereocenters. The number of hydrogen-bond donors (Lipinski definition) is 2. The third-order valence-corrected chi connectivity index (χ3v) is 4.22. The van der Waals surface area contributed by atoms with E-state index in [1.54, 1.807) is 12.4 Å². The Balaban J connectivity index is 0.00000169. The van der Waals surface area contributed by atoms with E-state index in [4.69, 9.17) is 10.5 Å². The van der Waals surface area contributed by atoms with Crippen molar-refractivity contribution in [2.45, 2.75) is 44.8 Å².